The molecule has 0 aromatic carbocycles. The van der Waals surface area contributed by atoms with Gasteiger partial charge < -0.3 is 0 Å². The molecule has 112 valence electrons. The monoisotopic (exact) mass is 336 g/mol. The number of hydrogen-bond acceptors (Lipinski definition) is 4. The van der Waals surface area contributed by atoms with Gasteiger partial charge in [0.2, 0.25) is 0 Å². The highest BCUT2D eigenvalue weighted by Crippen LogP contribution is 2.43. The van der Waals surface area contributed by atoms with Gasteiger partial charge in [0.25, 0.3) is 0 Å². The van der Waals surface area contributed by atoms with Gasteiger partial charge in [-0.15, -0.1) is 34.0 Å². The minimum atomic E-state index is 0.849. The zero-order chi connectivity index (χ0) is 14.7. The van der Waals surface area contributed by atoms with Crippen molar-refractivity contribution in [3.8, 4) is 0 Å². The van der Waals surface area contributed by atoms with E-state index in [0.29, 0.717) is 0 Å². The number of carbonyl (C=O) groups excluding carboxylic acids is 1. The van der Waals surface area contributed by atoms with Crippen LogP contribution in [0.1, 0.15) is 60.0 Å². The maximum atomic E-state index is 10.9. The first-order chi connectivity index (χ1) is 10.3. The third-order valence-corrected chi connectivity index (χ3v) is 7.49. The summed E-state index contributed by atoms with van der Waals surface area (Å²) in [6, 6.07) is 4.40. The van der Waals surface area contributed by atoms with E-state index in [2.05, 4.69) is 13.0 Å². The lowest BCUT2D eigenvalue weighted by Crippen LogP contribution is -1.82. The maximum Gasteiger partial charge on any atom is 0.160 e. The summed E-state index contributed by atoms with van der Waals surface area (Å²) in [5.74, 6) is 0. The van der Waals surface area contributed by atoms with E-state index in [1.54, 1.807) is 11.3 Å². The molecule has 3 aromatic rings. The van der Waals surface area contributed by atoms with E-state index in [0.717, 1.165) is 11.2 Å². The third kappa shape index (κ3) is 3.38. The first-order valence-electron chi connectivity index (χ1n) is 7.71. The van der Waals surface area contributed by atoms with Gasteiger partial charge in [0.15, 0.2) is 6.29 Å². The highest BCUT2D eigenvalue weighted by atomic mass is 32.2. The van der Waals surface area contributed by atoms with Gasteiger partial charge in [-0.3, -0.25) is 4.79 Å². The normalized spacial score (nSPS) is 11.7. The van der Waals surface area contributed by atoms with E-state index >= 15 is 0 Å². The zero-order valence-corrected chi connectivity index (χ0v) is 14.8. The molecule has 0 bridgehead atoms. The molecule has 0 unspecified atom stereocenters. The molecule has 0 N–H and O–H groups in total. The number of hydrogen-bond donors (Lipinski definition) is 0. The van der Waals surface area contributed by atoms with Gasteiger partial charge in [0.05, 0.1) is 12.9 Å². The molecule has 0 aliphatic carbocycles. The lowest BCUT2D eigenvalue weighted by molar-refractivity contribution is 0.112. The molecular formula is C17H20OS3. The number of rotatable bonds is 8. The fraction of sp³-hybridized carbons (Fsp3) is 0.471. The molecule has 0 fully saturated rings. The van der Waals surface area contributed by atoms with E-state index in [9.17, 15) is 4.79 Å². The van der Waals surface area contributed by atoms with Crippen LogP contribution in [0.4, 0.5) is 0 Å². The fourth-order valence-corrected chi connectivity index (χ4v) is 6.67. The Balaban J connectivity index is 1.64. The van der Waals surface area contributed by atoms with Crippen molar-refractivity contribution in [2.45, 2.75) is 51.9 Å². The second-order valence-corrected chi connectivity index (χ2v) is 9.26. The molecule has 0 atom stereocenters. The van der Waals surface area contributed by atoms with Crippen LogP contribution in [-0.2, 0) is 6.42 Å². The topological polar surface area (TPSA) is 17.1 Å². The van der Waals surface area contributed by atoms with E-state index < -0.39 is 0 Å². The van der Waals surface area contributed by atoms with Crippen molar-refractivity contribution in [2.75, 3.05) is 0 Å². The van der Waals surface area contributed by atoms with Gasteiger partial charge >= 0.3 is 0 Å². The van der Waals surface area contributed by atoms with Crippen molar-refractivity contribution in [2.24, 2.45) is 0 Å². The minimum Gasteiger partial charge on any atom is -0.297 e. The van der Waals surface area contributed by atoms with E-state index in [1.165, 1.54) is 68.6 Å². The van der Waals surface area contributed by atoms with Gasteiger partial charge in [-0.2, -0.15) is 0 Å². The smallest absolute Gasteiger partial charge is 0.160 e. The van der Waals surface area contributed by atoms with Gasteiger partial charge in [0.1, 0.15) is 0 Å². The van der Waals surface area contributed by atoms with Crippen molar-refractivity contribution >= 4 is 59.1 Å². The summed E-state index contributed by atoms with van der Waals surface area (Å²) >= 11 is 5.41. The average Bonchev–Trinajstić information content (AvgIpc) is 3.12. The third-order valence-electron chi connectivity index (χ3n) is 3.83. The largest absolute Gasteiger partial charge is 0.297 e. The minimum absolute atomic E-state index is 0.849. The standard InChI is InChI=1S/C17H20OS3/c1-2-3-4-5-6-7-8-12-9-14-15-10-13(11-18)20-17(15)21-16(14)19-12/h9-11H,2-8H2,1H3. The number of unbranched alkanes of at least 4 members (excludes halogenated alkanes) is 5. The molecule has 4 heteroatoms. The predicted octanol–water partition coefficient (Wildman–Crippen LogP) is 6.89. The highest BCUT2D eigenvalue weighted by molar-refractivity contribution is 7.49. The molecule has 3 aromatic heterocycles. The van der Waals surface area contributed by atoms with E-state index in [4.69, 9.17) is 0 Å². The lowest BCUT2D eigenvalue weighted by Gasteiger charge is -1.99. The Kier molecular flexibility index (Phi) is 5.09. The van der Waals surface area contributed by atoms with Crippen molar-refractivity contribution in [3.63, 3.8) is 0 Å². The quantitative estimate of drug-likeness (QED) is 0.323. The number of aldehydes is 1. The Bertz CT molecular complexity index is 732. The summed E-state index contributed by atoms with van der Waals surface area (Å²) in [5, 5.41) is 2.65. The Morgan fingerprint density at radius 1 is 0.905 bits per heavy atom. The second kappa shape index (κ2) is 7.03. The molecule has 0 spiro atoms. The van der Waals surface area contributed by atoms with Gasteiger partial charge in [-0.1, -0.05) is 39.0 Å². The fourth-order valence-electron chi connectivity index (χ4n) is 2.69. The summed E-state index contributed by atoms with van der Waals surface area (Å²) < 4.78 is 2.72. The first-order valence-corrected chi connectivity index (χ1v) is 10.2. The molecule has 0 saturated heterocycles. The SMILES string of the molecule is CCCCCCCCc1cc2c(s1)sc1sc(C=O)cc12. The Morgan fingerprint density at radius 2 is 1.62 bits per heavy atom. The van der Waals surface area contributed by atoms with Crippen LogP contribution in [0.2, 0.25) is 0 Å². The molecule has 1 nitrogen and oxygen atoms in total. The van der Waals surface area contributed by atoms with Crippen LogP contribution < -0.4 is 0 Å². The average molecular weight is 337 g/mol. The van der Waals surface area contributed by atoms with Crippen molar-refractivity contribution in [1.82, 2.24) is 0 Å². The van der Waals surface area contributed by atoms with E-state index in [1.807, 2.05) is 28.7 Å². The summed E-state index contributed by atoms with van der Waals surface area (Å²) in [7, 11) is 0. The molecular weight excluding hydrogens is 316 g/mol. The molecule has 3 heterocycles. The molecule has 21 heavy (non-hydrogen) atoms. The van der Waals surface area contributed by atoms with Crippen molar-refractivity contribution in [3.05, 3.63) is 21.9 Å². The van der Waals surface area contributed by atoms with Crippen LogP contribution in [0.15, 0.2) is 12.1 Å². The molecule has 0 amide bonds. The highest BCUT2D eigenvalue weighted by Gasteiger charge is 2.12. The van der Waals surface area contributed by atoms with Crippen LogP contribution in [0.5, 0.6) is 0 Å². The number of fused-ring (bicyclic) bond motifs is 3. The number of aryl methyl sites for hydroxylation is 1. The van der Waals surface area contributed by atoms with E-state index in [-0.39, 0.29) is 0 Å². The summed E-state index contributed by atoms with van der Waals surface area (Å²) in [6.45, 7) is 2.26. The number of carbonyl (C=O) groups is 1. The Morgan fingerprint density at radius 3 is 2.43 bits per heavy atom. The van der Waals surface area contributed by atoms with Gasteiger partial charge in [0, 0.05) is 15.6 Å². The summed E-state index contributed by atoms with van der Waals surface area (Å²) in [5.41, 5.74) is 0. The molecule has 0 aliphatic heterocycles. The predicted molar refractivity (Wildman–Crippen MR) is 97.6 cm³/mol. The number of thiophene rings is 3. The van der Waals surface area contributed by atoms with Crippen LogP contribution in [0.3, 0.4) is 0 Å². The van der Waals surface area contributed by atoms with Gasteiger partial charge in [-0.25, -0.2) is 0 Å². The molecule has 0 saturated carbocycles. The van der Waals surface area contributed by atoms with Crippen LogP contribution in [0, 0.1) is 0 Å². The zero-order valence-electron chi connectivity index (χ0n) is 12.3. The molecule has 0 radical (unpaired) electrons. The van der Waals surface area contributed by atoms with Crippen LogP contribution in [-0.4, -0.2) is 6.29 Å². The maximum absolute atomic E-state index is 10.9. The molecule has 3 rings (SSSR count). The lowest BCUT2D eigenvalue weighted by atomic mass is 10.1. The van der Waals surface area contributed by atoms with Crippen LogP contribution >= 0.6 is 34.0 Å². The Labute approximate surface area is 137 Å². The first kappa shape index (κ1) is 15.2. The second-order valence-electron chi connectivity index (χ2n) is 5.50. The van der Waals surface area contributed by atoms with Crippen LogP contribution in [0.25, 0.3) is 18.8 Å². The van der Waals surface area contributed by atoms with Crippen molar-refractivity contribution in [1.29, 1.82) is 0 Å². The molecule has 0 aliphatic rings. The summed E-state index contributed by atoms with van der Waals surface area (Å²) in [4.78, 5) is 13.2. The van der Waals surface area contributed by atoms with Crippen molar-refractivity contribution < 1.29 is 4.79 Å². The Hall–Kier alpha value is -0.710. The summed E-state index contributed by atoms with van der Waals surface area (Å²) in [6.07, 6.45) is 10.3. The van der Waals surface area contributed by atoms with Gasteiger partial charge in [-0.05, 0) is 25.0 Å².